The lowest BCUT2D eigenvalue weighted by Gasteiger charge is -2.11. The molecule has 2 rings (SSSR count). The van der Waals surface area contributed by atoms with Crippen LogP contribution in [-0.4, -0.2) is 30.1 Å². The lowest BCUT2D eigenvalue weighted by molar-refractivity contribution is -0.116. The largest absolute Gasteiger partial charge is 0.351 e. The van der Waals surface area contributed by atoms with Gasteiger partial charge in [0.15, 0.2) is 0 Å². The molecule has 0 fully saturated rings. The third-order valence-electron chi connectivity index (χ3n) is 3.41. The van der Waals surface area contributed by atoms with E-state index in [4.69, 9.17) is 21.9 Å². The van der Waals surface area contributed by atoms with Crippen molar-refractivity contribution in [2.75, 3.05) is 18.4 Å². The summed E-state index contributed by atoms with van der Waals surface area (Å²) in [5.41, 5.74) is 7.58. The Bertz CT molecular complexity index is 714. The highest BCUT2D eigenvalue weighted by molar-refractivity contribution is 6.29. The first kappa shape index (κ1) is 21.0. The van der Waals surface area contributed by atoms with Crippen LogP contribution in [-0.2, 0) is 11.2 Å². The minimum atomic E-state index is -0.283. The summed E-state index contributed by atoms with van der Waals surface area (Å²) in [5, 5.41) is 9.36. The fraction of sp³-hybridized carbons (Fsp3) is 0.312. The van der Waals surface area contributed by atoms with Crippen LogP contribution in [0.5, 0.6) is 0 Å². The number of anilines is 1. The Morgan fingerprint density at radius 3 is 2.68 bits per heavy atom. The van der Waals surface area contributed by atoms with E-state index >= 15 is 0 Å². The molecule has 0 radical (unpaired) electrons. The third-order valence-corrected chi connectivity index (χ3v) is 3.71. The highest BCUT2D eigenvalue weighted by Gasteiger charge is 2.15. The Balaban J connectivity index is 0.00000312. The average molecular weight is 387 g/mol. The average Bonchev–Trinajstić information content (AvgIpc) is 2.89. The monoisotopic (exact) mass is 386 g/mol. The first-order valence-corrected chi connectivity index (χ1v) is 7.88. The van der Waals surface area contributed by atoms with Crippen molar-refractivity contribution >= 4 is 41.5 Å². The molecule has 2 amide bonds. The molecule has 2 aromatic rings. The van der Waals surface area contributed by atoms with E-state index in [1.54, 1.807) is 31.2 Å². The number of nitrogens with one attached hydrogen (secondary N) is 2. The molecule has 1 aromatic heterocycles. The van der Waals surface area contributed by atoms with E-state index in [9.17, 15) is 9.59 Å². The summed E-state index contributed by atoms with van der Waals surface area (Å²) >= 11 is 5.88. The molecule has 0 aliphatic heterocycles. The van der Waals surface area contributed by atoms with Gasteiger partial charge in [0.25, 0.3) is 5.91 Å². The van der Waals surface area contributed by atoms with Crippen molar-refractivity contribution in [1.82, 2.24) is 10.5 Å². The van der Waals surface area contributed by atoms with Gasteiger partial charge in [-0.05, 0) is 37.1 Å². The predicted molar refractivity (Wildman–Crippen MR) is 98.3 cm³/mol. The van der Waals surface area contributed by atoms with Gasteiger partial charge in [0.05, 0.1) is 16.9 Å². The molecule has 136 valence electrons. The summed E-state index contributed by atoms with van der Waals surface area (Å²) < 4.78 is 4.85. The van der Waals surface area contributed by atoms with Crippen molar-refractivity contribution in [3.63, 3.8) is 0 Å². The fourth-order valence-corrected chi connectivity index (χ4v) is 2.43. The van der Waals surface area contributed by atoms with Crippen LogP contribution in [0, 0.1) is 6.92 Å². The molecule has 0 spiro atoms. The number of carbonyl (C=O) groups is 2. The Morgan fingerprint density at radius 1 is 1.32 bits per heavy atom. The molecule has 7 nitrogen and oxygen atoms in total. The predicted octanol–water partition coefficient (Wildman–Crippen LogP) is 2.32. The Kier molecular flexibility index (Phi) is 8.40. The van der Waals surface area contributed by atoms with E-state index in [0.717, 1.165) is 0 Å². The van der Waals surface area contributed by atoms with E-state index in [-0.39, 0.29) is 35.9 Å². The van der Waals surface area contributed by atoms with Gasteiger partial charge in [-0.25, -0.2) is 0 Å². The number of aromatic nitrogens is 1. The Hall–Kier alpha value is -2.09. The number of hydrogen-bond donors (Lipinski definition) is 3. The standard InChI is InChI=1S/C16H19ClN4O3.ClH/c1-10-11(15(17)24-21-10)6-7-14(22)20-13-5-3-2-4-12(13)16(23)19-9-8-18;/h2-5H,6-9,18H2,1H3,(H,19,23)(H,20,22);1H. The maximum atomic E-state index is 12.2. The molecule has 9 heteroatoms. The molecule has 0 bridgehead atoms. The summed E-state index contributed by atoms with van der Waals surface area (Å²) in [7, 11) is 0. The van der Waals surface area contributed by atoms with Crippen molar-refractivity contribution in [1.29, 1.82) is 0 Å². The van der Waals surface area contributed by atoms with Crippen molar-refractivity contribution in [2.24, 2.45) is 5.73 Å². The second kappa shape index (κ2) is 10.0. The lowest BCUT2D eigenvalue weighted by Crippen LogP contribution is -2.30. The van der Waals surface area contributed by atoms with Gasteiger partial charge in [-0.2, -0.15) is 0 Å². The van der Waals surface area contributed by atoms with Crippen LogP contribution in [0.1, 0.15) is 28.0 Å². The van der Waals surface area contributed by atoms with Crippen LogP contribution in [0.25, 0.3) is 0 Å². The fourth-order valence-electron chi connectivity index (χ4n) is 2.16. The van der Waals surface area contributed by atoms with Crippen molar-refractivity contribution in [3.8, 4) is 0 Å². The highest BCUT2D eigenvalue weighted by Crippen LogP contribution is 2.21. The van der Waals surface area contributed by atoms with Gasteiger partial charge in [-0.15, -0.1) is 12.4 Å². The summed E-state index contributed by atoms with van der Waals surface area (Å²) in [6.07, 6.45) is 0.599. The summed E-state index contributed by atoms with van der Waals surface area (Å²) in [5.74, 6) is -0.514. The van der Waals surface area contributed by atoms with E-state index in [2.05, 4.69) is 15.8 Å². The summed E-state index contributed by atoms with van der Waals surface area (Å²) in [6, 6.07) is 6.79. The normalized spacial score (nSPS) is 10.0. The van der Waals surface area contributed by atoms with E-state index in [1.807, 2.05) is 0 Å². The maximum Gasteiger partial charge on any atom is 0.253 e. The molecular weight excluding hydrogens is 367 g/mol. The topological polar surface area (TPSA) is 110 Å². The summed E-state index contributed by atoms with van der Waals surface area (Å²) in [6.45, 7) is 2.48. The minimum absolute atomic E-state index is 0. The lowest BCUT2D eigenvalue weighted by atomic mass is 10.1. The molecule has 0 aliphatic rings. The number of amides is 2. The first-order valence-electron chi connectivity index (χ1n) is 7.50. The van der Waals surface area contributed by atoms with Crippen LogP contribution in [0.3, 0.4) is 0 Å². The molecule has 0 saturated carbocycles. The van der Waals surface area contributed by atoms with Crippen molar-refractivity contribution in [2.45, 2.75) is 19.8 Å². The zero-order chi connectivity index (χ0) is 17.5. The van der Waals surface area contributed by atoms with Crippen LogP contribution < -0.4 is 16.4 Å². The van der Waals surface area contributed by atoms with E-state index < -0.39 is 0 Å². The molecular formula is C16H20Cl2N4O3. The number of halogens is 2. The van der Waals surface area contributed by atoms with Crippen LogP contribution in [0.15, 0.2) is 28.8 Å². The molecule has 0 unspecified atom stereocenters. The molecule has 25 heavy (non-hydrogen) atoms. The zero-order valence-electron chi connectivity index (χ0n) is 13.7. The molecule has 4 N–H and O–H groups in total. The van der Waals surface area contributed by atoms with Gasteiger partial charge >= 0.3 is 0 Å². The molecule has 0 aliphatic carbocycles. The van der Waals surface area contributed by atoms with Gasteiger partial charge in [0.1, 0.15) is 0 Å². The van der Waals surface area contributed by atoms with E-state index in [0.29, 0.717) is 42.0 Å². The van der Waals surface area contributed by atoms with Gasteiger partial charge < -0.3 is 20.9 Å². The van der Waals surface area contributed by atoms with Gasteiger partial charge in [0, 0.05) is 25.1 Å². The number of hydrogen-bond acceptors (Lipinski definition) is 5. The number of para-hydroxylation sites is 1. The third kappa shape index (κ3) is 5.74. The molecule has 0 atom stereocenters. The number of carbonyl (C=O) groups excluding carboxylic acids is 2. The van der Waals surface area contributed by atoms with Crippen molar-refractivity contribution < 1.29 is 14.1 Å². The molecule has 1 heterocycles. The number of nitrogens with two attached hydrogens (primary N) is 1. The number of aryl methyl sites for hydroxylation is 1. The minimum Gasteiger partial charge on any atom is -0.351 e. The first-order chi connectivity index (χ1) is 11.5. The number of rotatable bonds is 7. The maximum absolute atomic E-state index is 12.2. The van der Waals surface area contributed by atoms with Crippen LogP contribution in [0.2, 0.25) is 5.22 Å². The number of nitrogens with zero attached hydrogens (tertiary/aromatic N) is 1. The second-order valence-electron chi connectivity index (χ2n) is 5.16. The van der Waals surface area contributed by atoms with Crippen LogP contribution >= 0.6 is 24.0 Å². The molecule has 1 aromatic carbocycles. The molecule has 0 saturated heterocycles. The SMILES string of the molecule is Cc1noc(Cl)c1CCC(=O)Nc1ccccc1C(=O)NCCN.Cl. The van der Waals surface area contributed by atoms with Crippen LogP contribution in [0.4, 0.5) is 5.69 Å². The Morgan fingerprint density at radius 2 is 2.04 bits per heavy atom. The Labute approximate surface area is 156 Å². The van der Waals surface area contributed by atoms with Crippen molar-refractivity contribution in [3.05, 3.63) is 46.3 Å². The van der Waals surface area contributed by atoms with Gasteiger partial charge in [-0.1, -0.05) is 17.3 Å². The highest BCUT2D eigenvalue weighted by atomic mass is 35.5. The quantitative estimate of drug-likeness (QED) is 0.675. The van der Waals surface area contributed by atoms with E-state index in [1.165, 1.54) is 0 Å². The number of benzene rings is 1. The van der Waals surface area contributed by atoms with Gasteiger partial charge in [0.2, 0.25) is 11.1 Å². The smallest absolute Gasteiger partial charge is 0.253 e. The zero-order valence-corrected chi connectivity index (χ0v) is 15.2. The van der Waals surface area contributed by atoms with Gasteiger partial charge in [-0.3, -0.25) is 9.59 Å². The second-order valence-corrected chi connectivity index (χ2v) is 5.50. The summed E-state index contributed by atoms with van der Waals surface area (Å²) in [4.78, 5) is 24.2.